The third kappa shape index (κ3) is 3.95. The van der Waals surface area contributed by atoms with E-state index in [0.717, 1.165) is 28.2 Å². The molecule has 2 heteroatoms. The summed E-state index contributed by atoms with van der Waals surface area (Å²) in [5, 5.41) is 12.5. The first-order chi connectivity index (χ1) is 23.3. The highest BCUT2D eigenvalue weighted by Crippen LogP contribution is 2.45. The number of aromatic nitrogens is 2. The zero-order chi connectivity index (χ0) is 30.9. The van der Waals surface area contributed by atoms with Crippen molar-refractivity contribution in [2.24, 2.45) is 0 Å². The third-order valence-electron chi connectivity index (χ3n) is 9.72. The van der Waals surface area contributed by atoms with Crippen molar-refractivity contribution in [3.8, 4) is 28.2 Å². The number of pyridine rings is 1. The Hall–Kier alpha value is -6.25. The number of para-hydroxylation sites is 1. The lowest BCUT2D eigenvalue weighted by Gasteiger charge is -2.15. The van der Waals surface area contributed by atoms with Gasteiger partial charge in [-0.05, 0) is 67.7 Å². The van der Waals surface area contributed by atoms with E-state index in [0.29, 0.717) is 0 Å². The van der Waals surface area contributed by atoms with Crippen LogP contribution in [0.4, 0.5) is 0 Å². The molecule has 0 saturated carbocycles. The van der Waals surface area contributed by atoms with Crippen LogP contribution in [0, 0.1) is 0 Å². The average molecular weight is 597 g/mol. The van der Waals surface area contributed by atoms with Gasteiger partial charge in [0.2, 0.25) is 0 Å². The van der Waals surface area contributed by atoms with E-state index in [2.05, 4.69) is 174 Å². The van der Waals surface area contributed by atoms with Crippen molar-refractivity contribution < 1.29 is 0 Å². The number of hydrogen-bond donors (Lipinski definition) is 0. The van der Waals surface area contributed by atoms with Crippen LogP contribution < -0.4 is 0 Å². The van der Waals surface area contributed by atoms with Crippen LogP contribution in [0.2, 0.25) is 0 Å². The maximum absolute atomic E-state index is 5.49. The third-order valence-corrected chi connectivity index (χ3v) is 9.72. The molecule has 0 aliphatic heterocycles. The SMILES string of the molecule is c1ccc(-c2cc(-c3ccc4ccccc4c3)nc(-n3c4ccccc4c4c5c6ccccc6ccc5c5ccccc5c43)c2)cc1. The standard InChI is InChI=1S/C45H28N2/c1-2-12-29(13-3-1)34-27-40(33-23-22-30-14-4-5-16-32(30)26-33)46-42(28-34)47-41-21-11-10-20-39(41)44-43-35-17-7-6-15-31(35)24-25-37(43)36-18-8-9-19-38(36)45(44)47/h1-28H. The van der Waals surface area contributed by atoms with E-state index in [-0.39, 0.29) is 0 Å². The van der Waals surface area contributed by atoms with Crippen LogP contribution in [0.15, 0.2) is 170 Å². The van der Waals surface area contributed by atoms with E-state index >= 15 is 0 Å². The average Bonchev–Trinajstić information content (AvgIpc) is 3.50. The fraction of sp³-hybridized carbons (Fsp3) is 0. The Labute approximate surface area is 271 Å². The van der Waals surface area contributed by atoms with Gasteiger partial charge in [0.05, 0.1) is 16.7 Å². The minimum absolute atomic E-state index is 0.908. The molecule has 10 rings (SSSR count). The van der Waals surface area contributed by atoms with Crippen LogP contribution in [0.3, 0.4) is 0 Å². The summed E-state index contributed by atoms with van der Waals surface area (Å²) >= 11 is 0. The van der Waals surface area contributed by atoms with Gasteiger partial charge in [-0.15, -0.1) is 0 Å². The molecule has 0 spiro atoms. The lowest BCUT2D eigenvalue weighted by Crippen LogP contribution is -2.00. The second-order valence-corrected chi connectivity index (χ2v) is 12.4. The minimum Gasteiger partial charge on any atom is -0.293 e. The van der Waals surface area contributed by atoms with Crippen molar-refractivity contribution in [1.29, 1.82) is 0 Å². The van der Waals surface area contributed by atoms with Gasteiger partial charge in [-0.2, -0.15) is 0 Å². The van der Waals surface area contributed by atoms with Gasteiger partial charge < -0.3 is 0 Å². The van der Waals surface area contributed by atoms with Crippen LogP contribution >= 0.6 is 0 Å². The summed E-state index contributed by atoms with van der Waals surface area (Å²) in [6.45, 7) is 0. The molecule has 0 saturated heterocycles. The van der Waals surface area contributed by atoms with E-state index in [1.165, 1.54) is 64.9 Å². The number of hydrogen-bond acceptors (Lipinski definition) is 1. The van der Waals surface area contributed by atoms with Gasteiger partial charge in [0.25, 0.3) is 0 Å². The molecule has 0 amide bonds. The number of benzene rings is 8. The quantitative estimate of drug-likeness (QED) is 0.186. The Bertz CT molecular complexity index is 2840. The minimum atomic E-state index is 0.908. The molecule has 0 radical (unpaired) electrons. The Balaban J connectivity index is 1.39. The molecular weight excluding hydrogens is 569 g/mol. The molecule has 0 unspecified atom stereocenters. The van der Waals surface area contributed by atoms with Crippen LogP contribution in [0.1, 0.15) is 0 Å². The number of rotatable bonds is 3. The molecule has 47 heavy (non-hydrogen) atoms. The van der Waals surface area contributed by atoms with Crippen molar-refractivity contribution in [3.63, 3.8) is 0 Å². The first kappa shape index (κ1) is 26.0. The van der Waals surface area contributed by atoms with Gasteiger partial charge >= 0.3 is 0 Å². The van der Waals surface area contributed by atoms with E-state index in [1.54, 1.807) is 0 Å². The van der Waals surface area contributed by atoms with Crippen LogP contribution in [-0.2, 0) is 0 Å². The normalized spacial score (nSPS) is 11.8. The summed E-state index contributed by atoms with van der Waals surface area (Å²) in [6.07, 6.45) is 0. The van der Waals surface area contributed by atoms with E-state index in [4.69, 9.17) is 4.98 Å². The molecule has 10 aromatic rings. The maximum atomic E-state index is 5.49. The summed E-state index contributed by atoms with van der Waals surface area (Å²) in [6, 6.07) is 61.3. The molecule has 2 aromatic heterocycles. The lowest BCUT2D eigenvalue weighted by molar-refractivity contribution is 1.09. The van der Waals surface area contributed by atoms with Gasteiger partial charge in [0.1, 0.15) is 5.82 Å². The Morgan fingerprint density at radius 3 is 1.87 bits per heavy atom. The Morgan fingerprint density at radius 1 is 0.362 bits per heavy atom. The van der Waals surface area contributed by atoms with Crippen molar-refractivity contribution in [2.75, 3.05) is 0 Å². The van der Waals surface area contributed by atoms with Crippen molar-refractivity contribution in [3.05, 3.63) is 170 Å². The van der Waals surface area contributed by atoms with Gasteiger partial charge in [0, 0.05) is 27.1 Å². The molecule has 0 atom stereocenters. The van der Waals surface area contributed by atoms with Crippen molar-refractivity contribution in [1.82, 2.24) is 9.55 Å². The van der Waals surface area contributed by atoms with Gasteiger partial charge in [0.15, 0.2) is 0 Å². The predicted molar refractivity (Wildman–Crippen MR) is 199 cm³/mol. The Morgan fingerprint density at radius 2 is 1.02 bits per heavy atom. The summed E-state index contributed by atoms with van der Waals surface area (Å²) < 4.78 is 2.41. The molecule has 2 heterocycles. The largest absolute Gasteiger partial charge is 0.293 e. The molecule has 8 aromatic carbocycles. The number of fused-ring (bicyclic) bond motifs is 11. The second-order valence-electron chi connectivity index (χ2n) is 12.4. The van der Waals surface area contributed by atoms with Gasteiger partial charge in [-0.25, -0.2) is 4.98 Å². The van der Waals surface area contributed by atoms with Gasteiger partial charge in [-0.1, -0.05) is 146 Å². The topological polar surface area (TPSA) is 17.8 Å². The number of nitrogens with zero attached hydrogens (tertiary/aromatic N) is 2. The molecule has 0 aliphatic rings. The molecular formula is C45H28N2. The highest BCUT2D eigenvalue weighted by Gasteiger charge is 2.21. The van der Waals surface area contributed by atoms with E-state index in [1.807, 2.05) is 0 Å². The molecule has 0 N–H and O–H groups in total. The molecule has 0 fully saturated rings. The smallest absolute Gasteiger partial charge is 0.138 e. The predicted octanol–water partition coefficient (Wildman–Crippen LogP) is 12.1. The highest BCUT2D eigenvalue weighted by atomic mass is 15.1. The van der Waals surface area contributed by atoms with Crippen molar-refractivity contribution in [2.45, 2.75) is 0 Å². The molecule has 2 nitrogen and oxygen atoms in total. The fourth-order valence-electron chi connectivity index (χ4n) is 7.60. The fourth-order valence-corrected chi connectivity index (χ4v) is 7.60. The first-order valence-corrected chi connectivity index (χ1v) is 16.1. The maximum Gasteiger partial charge on any atom is 0.138 e. The summed E-state index contributed by atoms with van der Waals surface area (Å²) in [7, 11) is 0. The summed E-state index contributed by atoms with van der Waals surface area (Å²) in [4.78, 5) is 5.49. The highest BCUT2D eigenvalue weighted by molar-refractivity contribution is 6.36. The van der Waals surface area contributed by atoms with E-state index in [9.17, 15) is 0 Å². The van der Waals surface area contributed by atoms with Crippen LogP contribution in [-0.4, -0.2) is 9.55 Å². The Kier molecular flexibility index (Phi) is 5.61. The zero-order valence-corrected chi connectivity index (χ0v) is 25.6. The van der Waals surface area contributed by atoms with Crippen LogP contribution in [0.25, 0.3) is 93.1 Å². The lowest BCUT2D eigenvalue weighted by atomic mass is 9.93. The zero-order valence-electron chi connectivity index (χ0n) is 25.6. The monoisotopic (exact) mass is 596 g/mol. The first-order valence-electron chi connectivity index (χ1n) is 16.1. The van der Waals surface area contributed by atoms with E-state index < -0.39 is 0 Å². The second kappa shape index (κ2) is 10.1. The molecule has 0 aliphatic carbocycles. The van der Waals surface area contributed by atoms with Crippen molar-refractivity contribution >= 4 is 64.9 Å². The van der Waals surface area contributed by atoms with Gasteiger partial charge in [-0.3, -0.25) is 4.57 Å². The molecule has 218 valence electrons. The summed E-state index contributed by atoms with van der Waals surface area (Å²) in [5.41, 5.74) is 6.70. The van der Waals surface area contributed by atoms with Crippen LogP contribution in [0.5, 0.6) is 0 Å². The molecule has 0 bridgehead atoms. The summed E-state index contributed by atoms with van der Waals surface area (Å²) in [5.74, 6) is 0.908.